The van der Waals surface area contributed by atoms with Crippen molar-refractivity contribution in [3.63, 3.8) is 0 Å². The number of rotatable bonds is 12. The number of sulfonamides is 1. The maximum absolute atomic E-state index is 14.6. The van der Waals surface area contributed by atoms with Gasteiger partial charge in [0.25, 0.3) is 0 Å². The smallest absolute Gasteiger partial charge is 0.357 e. The average molecular weight is 594 g/mol. The zero-order chi connectivity index (χ0) is 30.2. The summed E-state index contributed by atoms with van der Waals surface area (Å²) in [5.74, 6) is -1.58. The number of benzene rings is 3. The van der Waals surface area contributed by atoms with E-state index >= 15 is 0 Å². The standard InChI is InChI=1S/C29H31F4N3O4S/c1-34-28(38)26(18-21-10-4-3-5-11-21)35(20-22-12-6-7-15-25(22)30)27(37)16-9-17-36(41(2,39)40)24-14-8-13-23(19-24)29(31,32)33/h3-8,10-15,19,26H,9,16-18,20H2,1-2H3,(H,34,38)/t26-/m0/s1. The Morgan fingerprint density at radius 1 is 0.951 bits per heavy atom. The molecule has 0 spiro atoms. The molecule has 0 fully saturated rings. The molecule has 3 rings (SSSR count). The summed E-state index contributed by atoms with van der Waals surface area (Å²) in [5, 5.41) is 2.55. The van der Waals surface area contributed by atoms with E-state index in [2.05, 4.69) is 5.32 Å². The summed E-state index contributed by atoms with van der Waals surface area (Å²) in [6, 6.07) is 17.7. The average Bonchev–Trinajstić information content (AvgIpc) is 2.93. The second kappa shape index (κ2) is 13.6. The summed E-state index contributed by atoms with van der Waals surface area (Å²) in [7, 11) is -2.58. The Bertz CT molecular complexity index is 1450. The van der Waals surface area contributed by atoms with Gasteiger partial charge in [-0.25, -0.2) is 12.8 Å². The van der Waals surface area contributed by atoms with Crippen LogP contribution in [0.3, 0.4) is 0 Å². The van der Waals surface area contributed by atoms with Crippen molar-refractivity contribution in [1.82, 2.24) is 10.2 Å². The van der Waals surface area contributed by atoms with Crippen molar-refractivity contribution < 1.29 is 35.6 Å². The van der Waals surface area contributed by atoms with Crippen LogP contribution in [0, 0.1) is 5.82 Å². The van der Waals surface area contributed by atoms with Crippen LogP contribution in [-0.2, 0) is 38.8 Å². The second-order valence-corrected chi connectivity index (χ2v) is 11.3. The van der Waals surface area contributed by atoms with E-state index in [-0.39, 0.29) is 43.6 Å². The minimum atomic E-state index is -4.67. The minimum absolute atomic E-state index is 0.0677. The fourth-order valence-electron chi connectivity index (χ4n) is 4.37. The van der Waals surface area contributed by atoms with Crippen molar-refractivity contribution in [1.29, 1.82) is 0 Å². The number of alkyl halides is 3. The van der Waals surface area contributed by atoms with Gasteiger partial charge >= 0.3 is 6.18 Å². The molecule has 0 heterocycles. The molecule has 0 aliphatic rings. The van der Waals surface area contributed by atoms with Crippen LogP contribution in [0.15, 0.2) is 78.9 Å². The van der Waals surface area contributed by atoms with E-state index in [0.717, 1.165) is 34.3 Å². The van der Waals surface area contributed by atoms with Crippen LogP contribution in [0.2, 0.25) is 0 Å². The van der Waals surface area contributed by atoms with Gasteiger partial charge in [-0.2, -0.15) is 13.2 Å². The van der Waals surface area contributed by atoms with E-state index in [1.165, 1.54) is 36.2 Å². The molecule has 12 heteroatoms. The molecule has 0 aliphatic carbocycles. The Morgan fingerprint density at radius 3 is 2.22 bits per heavy atom. The largest absolute Gasteiger partial charge is 0.416 e. The van der Waals surface area contributed by atoms with E-state index in [1.807, 2.05) is 0 Å². The zero-order valence-electron chi connectivity index (χ0n) is 22.6. The lowest BCUT2D eigenvalue weighted by molar-refractivity contribution is -0.141. The third-order valence-corrected chi connectivity index (χ3v) is 7.62. The highest BCUT2D eigenvalue weighted by Gasteiger charge is 2.32. The molecule has 0 saturated heterocycles. The number of anilines is 1. The first-order chi connectivity index (χ1) is 19.3. The van der Waals surface area contributed by atoms with Crippen LogP contribution >= 0.6 is 0 Å². The first kappa shape index (κ1) is 31.6. The topological polar surface area (TPSA) is 86.8 Å². The molecule has 3 aromatic carbocycles. The first-order valence-electron chi connectivity index (χ1n) is 12.7. The van der Waals surface area contributed by atoms with Gasteiger partial charge in [-0.3, -0.25) is 13.9 Å². The number of carbonyl (C=O) groups is 2. The molecule has 0 aliphatic heterocycles. The van der Waals surface area contributed by atoms with Crippen LogP contribution in [-0.4, -0.2) is 51.0 Å². The Morgan fingerprint density at radius 2 is 1.61 bits per heavy atom. The van der Waals surface area contributed by atoms with Crippen LogP contribution < -0.4 is 9.62 Å². The predicted molar refractivity (Wildman–Crippen MR) is 148 cm³/mol. The number of carbonyl (C=O) groups excluding carboxylic acids is 2. The summed E-state index contributed by atoms with van der Waals surface area (Å²) < 4.78 is 80.0. The highest BCUT2D eigenvalue weighted by molar-refractivity contribution is 7.92. The molecular weight excluding hydrogens is 562 g/mol. The SMILES string of the molecule is CNC(=O)[C@H](Cc1ccccc1)N(Cc1ccccc1F)C(=O)CCCN(c1cccc(C(F)(F)F)c1)S(C)(=O)=O. The van der Waals surface area contributed by atoms with Gasteiger partial charge in [0.1, 0.15) is 11.9 Å². The molecule has 1 N–H and O–H groups in total. The van der Waals surface area contributed by atoms with Crippen LogP contribution in [0.1, 0.15) is 29.5 Å². The molecule has 0 unspecified atom stereocenters. The predicted octanol–water partition coefficient (Wildman–Crippen LogP) is 4.78. The molecule has 2 amide bonds. The number of nitrogens with zero attached hydrogens (tertiary/aromatic N) is 2. The number of likely N-dealkylation sites (N-methyl/N-ethyl adjacent to an activating group) is 1. The van der Waals surface area contributed by atoms with Gasteiger partial charge in [0, 0.05) is 38.5 Å². The second-order valence-electron chi connectivity index (χ2n) is 9.42. The number of hydrogen-bond donors (Lipinski definition) is 1. The Labute approximate surface area is 236 Å². The molecule has 3 aromatic rings. The van der Waals surface area contributed by atoms with Gasteiger partial charge in [0.05, 0.1) is 17.5 Å². The van der Waals surface area contributed by atoms with E-state index in [4.69, 9.17) is 0 Å². The number of nitrogens with one attached hydrogen (secondary N) is 1. The van der Waals surface area contributed by atoms with Gasteiger partial charge in [0.15, 0.2) is 0 Å². The lowest BCUT2D eigenvalue weighted by Crippen LogP contribution is -2.50. The minimum Gasteiger partial charge on any atom is -0.357 e. The van der Waals surface area contributed by atoms with Crippen molar-refractivity contribution in [2.75, 3.05) is 24.2 Å². The first-order valence-corrected chi connectivity index (χ1v) is 14.6. The molecule has 1 atom stereocenters. The monoisotopic (exact) mass is 593 g/mol. The van der Waals surface area contributed by atoms with Crippen molar-refractivity contribution in [2.45, 2.75) is 38.0 Å². The summed E-state index contributed by atoms with van der Waals surface area (Å²) >= 11 is 0. The molecule has 220 valence electrons. The van der Waals surface area contributed by atoms with Crippen LogP contribution in [0.25, 0.3) is 0 Å². The quantitative estimate of drug-likeness (QED) is 0.307. The lowest BCUT2D eigenvalue weighted by atomic mass is 10.0. The van der Waals surface area contributed by atoms with E-state index in [0.29, 0.717) is 0 Å². The van der Waals surface area contributed by atoms with Gasteiger partial charge in [-0.1, -0.05) is 54.6 Å². The molecule has 7 nitrogen and oxygen atoms in total. The van der Waals surface area contributed by atoms with E-state index in [1.54, 1.807) is 36.4 Å². The maximum atomic E-state index is 14.6. The van der Waals surface area contributed by atoms with Gasteiger partial charge in [-0.15, -0.1) is 0 Å². The highest BCUT2D eigenvalue weighted by atomic mass is 32.2. The summed E-state index contributed by atoms with van der Waals surface area (Å²) in [6.45, 7) is -0.511. The normalized spacial score (nSPS) is 12.4. The number of halogens is 4. The fourth-order valence-corrected chi connectivity index (χ4v) is 5.33. The zero-order valence-corrected chi connectivity index (χ0v) is 23.4. The van der Waals surface area contributed by atoms with Gasteiger partial charge in [-0.05, 0) is 36.2 Å². The Kier molecular flexibility index (Phi) is 10.5. The maximum Gasteiger partial charge on any atom is 0.416 e. The van der Waals surface area contributed by atoms with Crippen molar-refractivity contribution in [2.24, 2.45) is 0 Å². The van der Waals surface area contributed by atoms with Gasteiger partial charge < -0.3 is 10.2 Å². The Hall–Kier alpha value is -3.93. The van der Waals surface area contributed by atoms with Crippen LogP contribution in [0.5, 0.6) is 0 Å². The van der Waals surface area contributed by atoms with E-state index in [9.17, 15) is 35.6 Å². The molecule has 0 bridgehead atoms. The molecule has 0 aromatic heterocycles. The van der Waals surface area contributed by atoms with E-state index < -0.39 is 45.4 Å². The third-order valence-electron chi connectivity index (χ3n) is 6.43. The number of hydrogen-bond acceptors (Lipinski definition) is 4. The molecular formula is C29H31F4N3O4S. The van der Waals surface area contributed by atoms with Crippen LogP contribution in [0.4, 0.5) is 23.2 Å². The highest BCUT2D eigenvalue weighted by Crippen LogP contribution is 2.32. The fraction of sp³-hybridized carbons (Fsp3) is 0.310. The van der Waals surface area contributed by atoms with Crippen molar-refractivity contribution in [3.8, 4) is 0 Å². The van der Waals surface area contributed by atoms with Crippen molar-refractivity contribution >= 4 is 27.5 Å². The molecule has 0 saturated carbocycles. The molecule has 41 heavy (non-hydrogen) atoms. The molecule has 0 radical (unpaired) electrons. The Balaban J connectivity index is 1.87. The third kappa shape index (κ3) is 8.78. The van der Waals surface area contributed by atoms with Gasteiger partial charge in [0.2, 0.25) is 21.8 Å². The summed E-state index contributed by atoms with van der Waals surface area (Å²) in [5.41, 5.74) is -0.250. The number of amides is 2. The summed E-state index contributed by atoms with van der Waals surface area (Å²) in [6.07, 6.45) is -3.99. The van der Waals surface area contributed by atoms with Crippen molar-refractivity contribution in [3.05, 3.63) is 101 Å². The lowest BCUT2D eigenvalue weighted by Gasteiger charge is -2.31. The summed E-state index contributed by atoms with van der Waals surface area (Å²) in [4.78, 5) is 27.8.